The molecule has 0 atom stereocenters. The van der Waals surface area contributed by atoms with Crippen LogP contribution < -0.4 is 5.32 Å². The summed E-state index contributed by atoms with van der Waals surface area (Å²) in [6.07, 6.45) is 7.58. The van der Waals surface area contributed by atoms with Gasteiger partial charge in [0.1, 0.15) is 5.65 Å². The second-order valence-corrected chi connectivity index (χ2v) is 5.02. The minimum atomic E-state index is -0.107. The highest BCUT2D eigenvalue weighted by Gasteiger charge is 2.05. The number of amides is 1. The van der Waals surface area contributed by atoms with Crippen molar-refractivity contribution in [2.45, 2.75) is 6.42 Å². The molecule has 0 saturated heterocycles. The normalized spacial score (nSPS) is 10.7. The van der Waals surface area contributed by atoms with Gasteiger partial charge in [0, 0.05) is 43.3 Å². The number of nitrogens with one attached hydrogen (secondary N) is 1. The maximum atomic E-state index is 11.9. The Morgan fingerprint density at radius 1 is 1.19 bits per heavy atom. The van der Waals surface area contributed by atoms with Crippen LogP contribution >= 0.6 is 11.6 Å². The van der Waals surface area contributed by atoms with Crippen molar-refractivity contribution in [3.8, 4) is 0 Å². The van der Waals surface area contributed by atoms with E-state index in [1.54, 1.807) is 30.6 Å². The number of imidazole rings is 1. The summed E-state index contributed by atoms with van der Waals surface area (Å²) >= 11 is 5.93. The lowest BCUT2D eigenvalue weighted by Crippen LogP contribution is -2.25. The molecule has 3 rings (SSSR count). The Morgan fingerprint density at radius 2 is 2.00 bits per heavy atom. The van der Waals surface area contributed by atoms with E-state index in [1.807, 2.05) is 22.9 Å². The van der Waals surface area contributed by atoms with Crippen LogP contribution in [-0.2, 0) is 6.42 Å². The third-order valence-electron chi connectivity index (χ3n) is 3.07. The molecule has 21 heavy (non-hydrogen) atoms. The molecular weight excluding hydrogens is 288 g/mol. The first-order valence-electron chi connectivity index (χ1n) is 6.54. The largest absolute Gasteiger partial charge is 0.352 e. The summed E-state index contributed by atoms with van der Waals surface area (Å²) in [5, 5.41) is 3.53. The summed E-state index contributed by atoms with van der Waals surface area (Å²) in [6.45, 7) is 0.527. The quantitative estimate of drug-likeness (QED) is 0.804. The highest BCUT2D eigenvalue weighted by atomic mass is 35.5. The van der Waals surface area contributed by atoms with Gasteiger partial charge in [0.15, 0.2) is 0 Å². The molecule has 0 fully saturated rings. The summed E-state index contributed by atoms with van der Waals surface area (Å²) in [7, 11) is 0. The maximum absolute atomic E-state index is 11.9. The molecule has 0 aliphatic heterocycles. The van der Waals surface area contributed by atoms with Gasteiger partial charge in [-0.2, -0.15) is 0 Å². The number of rotatable bonds is 4. The number of carbonyl (C=O) groups excluding carboxylic acids is 1. The van der Waals surface area contributed by atoms with Gasteiger partial charge in [0.25, 0.3) is 5.91 Å². The predicted octanol–water partition coefficient (Wildman–Crippen LogP) is 2.36. The van der Waals surface area contributed by atoms with Crippen molar-refractivity contribution >= 4 is 23.2 Å². The van der Waals surface area contributed by atoms with E-state index >= 15 is 0 Å². The highest BCUT2D eigenvalue weighted by molar-refractivity contribution is 6.30. The van der Waals surface area contributed by atoms with E-state index in [0.717, 1.165) is 11.3 Å². The lowest BCUT2D eigenvalue weighted by Gasteiger charge is -2.03. The van der Waals surface area contributed by atoms with Gasteiger partial charge < -0.3 is 9.72 Å². The zero-order valence-corrected chi connectivity index (χ0v) is 11.9. The van der Waals surface area contributed by atoms with Crippen LogP contribution in [0.25, 0.3) is 5.65 Å². The smallest absolute Gasteiger partial charge is 0.251 e. The monoisotopic (exact) mass is 300 g/mol. The molecule has 3 aromatic rings. The van der Waals surface area contributed by atoms with Crippen molar-refractivity contribution in [2.24, 2.45) is 0 Å². The molecule has 0 unspecified atom stereocenters. The van der Waals surface area contributed by atoms with Crippen molar-refractivity contribution in [2.75, 3.05) is 6.54 Å². The van der Waals surface area contributed by atoms with Crippen molar-refractivity contribution in [1.82, 2.24) is 19.7 Å². The predicted molar refractivity (Wildman–Crippen MR) is 80.5 cm³/mol. The van der Waals surface area contributed by atoms with Crippen molar-refractivity contribution < 1.29 is 4.79 Å². The Balaban J connectivity index is 1.60. The van der Waals surface area contributed by atoms with Crippen LogP contribution in [0.3, 0.4) is 0 Å². The Morgan fingerprint density at radius 3 is 2.81 bits per heavy atom. The standard InChI is InChI=1S/C15H13ClN4O/c16-12-1-2-14-19-13(10-20(14)9-12)5-8-18-15(21)11-3-6-17-7-4-11/h1-4,6-7,9-10H,5,8H2,(H,18,21). The second-order valence-electron chi connectivity index (χ2n) is 4.59. The van der Waals surface area contributed by atoms with E-state index < -0.39 is 0 Å². The van der Waals surface area contributed by atoms with Crippen LogP contribution in [0.4, 0.5) is 0 Å². The lowest BCUT2D eigenvalue weighted by atomic mass is 10.2. The van der Waals surface area contributed by atoms with Gasteiger partial charge in [-0.1, -0.05) is 11.6 Å². The SMILES string of the molecule is O=C(NCCc1cn2cc(Cl)ccc2n1)c1ccncc1. The fourth-order valence-electron chi connectivity index (χ4n) is 2.05. The van der Waals surface area contributed by atoms with Crippen molar-refractivity contribution in [3.05, 3.63) is 65.3 Å². The Labute approximate surface area is 126 Å². The van der Waals surface area contributed by atoms with Crippen LogP contribution in [0.15, 0.2) is 49.1 Å². The second kappa shape index (κ2) is 5.93. The van der Waals surface area contributed by atoms with Gasteiger partial charge in [-0.15, -0.1) is 0 Å². The fourth-order valence-corrected chi connectivity index (χ4v) is 2.22. The van der Waals surface area contributed by atoms with E-state index in [1.165, 1.54) is 0 Å². The summed E-state index contributed by atoms with van der Waals surface area (Å²) < 4.78 is 1.88. The first-order chi connectivity index (χ1) is 10.2. The van der Waals surface area contributed by atoms with Crippen LogP contribution in [0.2, 0.25) is 5.02 Å². The van der Waals surface area contributed by atoms with Gasteiger partial charge in [0.2, 0.25) is 0 Å². The molecule has 106 valence electrons. The van der Waals surface area contributed by atoms with Crippen molar-refractivity contribution in [3.63, 3.8) is 0 Å². The van der Waals surface area contributed by atoms with Crippen molar-refractivity contribution in [1.29, 1.82) is 0 Å². The van der Waals surface area contributed by atoms with Gasteiger partial charge in [-0.25, -0.2) is 4.98 Å². The number of hydrogen-bond donors (Lipinski definition) is 1. The summed E-state index contributed by atoms with van der Waals surface area (Å²) in [5.41, 5.74) is 2.36. The summed E-state index contributed by atoms with van der Waals surface area (Å²) in [5.74, 6) is -0.107. The minimum absolute atomic E-state index is 0.107. The number of pyridine rings is 2. The molecule has 0 aromatic carbocycles. The Kier molecular flexibility index (Phi) is 3.83. The topological polar surface area (TPSA) is 59.3 Å². The van der Waals surface area contributed by atoms with Crippen LogP contribution in [0.5, 0.6) is 0 Å². The van der Waals surface area contributed by atoms with Gasteiger partial charge in [-0.3, -0.25) is 9.78 Å². The van der Waals surface area contributed by atoms with Crippen LogP contribution in [0, 0.1) is 0 Å². The lowest BCUT2D eigenvalue weighted by molar-refractivity contribution is 0.0954. The molecule has 0 spiro atoms. The number of nitrogens with zero attached hydrogens (tertiary/aromatic N) is 3. The third-order valence-corrected chi connectivity index (χ3v) is 3.30. The molecule has 1 N–H and O–H groups in total. The fraction of sp³-hybridized carbons (Fsp3) is 0.133. The zero-order chi connectivity index (χ0) is 14.7. The number of hydrogen-bond acceptors (Lipinski definition) is 3. The molecule has 3 heterocycles. The minimum Gasteiger partial charge on any atom is -0.352 e. The third kappa shape index (κ3) is 3.20. The molecule has 1 amide bonds. The number of halogens is 1. The summed E-state index contributed by atoms with van der Waals surface area (Å²) in [6, 6.07) is 7.03. The van der Waals surface area contributed by atoms with Crippen LogP contribution in [-0.4, -0.2) is 26.8 Å². The Hall–Kier alpha value is -2.40. The number of fused-ring (bicyclic) bond motifs is 1. The van der Waals surface area contributed by atoms with E-state index in [2.05, 4.69) is 15.3 Å². The van der Waals surface area contributed by atoms with Gasteiger partial charge in [0.05, 0.1) is 10.7 Å². The first-order valence-corrected chi connectivity index (χ1v) is 6.91. The average Bonchev–Trinajstić information content (AvgIpc) is 2.89. The van der Waals surface area contributed by atoms with Gasteiger partial charge in [-0.05, 0) is 24.3 Å². The molecule has 0 aliphatic rings. The van der Waals surface area contributed by atoms with Crippen LogP contribution in [0.1, 0.15) is 16.1 Å². The van der Waals surface area contributed by atoms with E-state index in [4.69, 9.17) is 11.6 Å². The Bertz CT molecular complexity index is 770. The van der Waals surface area contributed by atoms with E-state index in [0.29, 0.717) is 23.6 Å². The number of aromatic nitrogens is 3. The zero-order valence-electron chi connectivity index (χ0n) is 11.2. The number of carbonyl (C=O) groups is 1. The average molecular weight is 301 g/mol. The molecule has 0 bridgehead atoms. The molecule has 3 aromatic heterocycles. The molecule has 5 nitrogen and oxygen atoms in total. The van der Waals surface area contributed by atoms with Gasteiger partial charge >= 0.3 is 0 Å². The summed E-state index contributed by atoms with van der Waals surface area (Å²) in [4.78, 5) is 20.2. The van der Waals surface area contributed by atoms with E-state index in [9.17, 15) is 4.79 Å². The molecular formula is C15H13ClN4O. The molecule has 0 aliphatic carbocycles. The highest BCUT2D eigenvalue weighted by Crippen LogP contribution is 2.11. The maximum Gasteiger partial charge on any atom is 0.251 e. The molecule has 0 radical (unpaired) electrons. The molecule has 0 saturated carbocycles. The molecule has 6 heteroatoms. The van der Waals surface area contributed by atoms with E-state index in [-0.39, 0.29) is 5.91 Å². The first kappa shape index (κ1) is 13.6.